The summed E-state index contributed by atoms with van der Waals surface area (Å²) < 4.78 is 0. The maximum absolute atomic E-state index is 13.8. The van der Waals surface area contributed by atoms with E-state index in [1.807, 2.05) is 43.3 Å². The minimum atomic E-state index is -2.86. The van der Waals surface area contributed by atoms with Gasteiger partial charge >= 0.3 is 0 Å². The van der Waals surface area contributed by atoms with E-state index >= 15 is 0 Å². The fourth-order valence-corrected chi connectivity index (χ4v) is 6.27. The quantitative estimate of drug-likeness (QED) is 0.328. The van der Waals surface area contributed by atoms with E-state index in [1.165, 1.54) is 6.07 Å². The van der Waals surface area contributed by atoms with Crippen LogP contribution in [0.15, 0.2) is 53.3 Å². The van der Waals surface area contributed by atoms with Gasteiger partial charge in [0.25, 0.3) is 5.91 Å². The molecule has 10 heteroatoms. The Balaban J connectivity index is 1.75. The van der Waals surface area contributed by atoms with Crippen molar-refractivity contribution in [3.05, 3.63) is 64.4 Å². The summed E-state index contributed by atoms with van der Waals surface area (Å²) in [7, 11) is 3.81. The molecule has 0 aliphatic heterocycles. The van der Waals surface area contributed by atoms with E-state index in [4.69, 9.17) is 5.73 Å². The predicted molar refractivity (Wildman–Crippen MR) is 137 cm³/mol. The molecule has 5 unspecified atom stereocenters. The third kappa shape index (κ3) is 3.23. The van der Waals surface area contributed by atoms with Gasteiger partial charge in [0.1, 0.15) is 22.8 Å². The van der Waals surface area contributed by atoms with Gasteiger partial charge in [-0.15, -0.1) is 0 Å². The lowest BCUT2D eigenvalue weighted by Crippen LogP contribution is -2.63. The summed E-state index contributed by atoms with van der Waals surface area (Å²) in [5.74, 6) is -8.88. The highest BCUT2D eigenvalue weighted by Gasteiger charge is 2.65. The Bertz CT molecular complexity index is 1470. The first kappa shape index (κ1) is 25.5. The zero-order chi connectivity index (χ0) is 27.8. The van der Waals surface area contributed by atoms with Gasteiger partial charge in [-0.2, -0.15) is 0 Å². The Morgan fingerprint density at radius 1 is 1.05 bits per heavy atom. The lowest BCUT2D eigenvalue weighted by atomic mass is 9.55. The van der Waals surface area contributed by atoms with Gasteiger partial charge < -0.3 is 36.2 Å². The maximum atomic E-state index is 13.8. The number of nitrogens with two attached hydrogens (primary N) is 1. The van der Waals surface area contributed by atoms with Crippen molar-refractivity contribution in [1.82, 2.24) is 0 Å². The number of hydrogen-bond donors (Lipinski definition) is 6. The molecule has 198 valence electrons. The van der Waals surface area contributed by atoms with Crippen LogP contribution >= 0.6 is 0 Å². The molecule has 1 fully saturated rings. The highest BCUT2D eigenvalue weighted by atomic mass is 16.4. The number of amides is 1. The number of aliphatic hydroxyl groups excluding tert-OH is 3. The summed E-state index contributed by atoms with van der Waals surface area (Å²) in [5, 5.41) is 55.7. The topological polar surface area (TPSA) is 182 Å². The van der Waals surface area contributed by atoms with Crippen LogP contribution in [0.5, 0.6) is 5.75 Å². The van der Waals surface area contributed by atoms with Gasteiger partial charge in [0.15, 0.2) is 11.4 Å². The second-order valence-electron chi connectivity index (χ2n) is 10.3. The number of anilines is 1. The molecule has 38 heavy (non-hydrogen) atoms. The van der Waals surface area contributed by atoms with Crippen molar-refractivity contribution in [2.45, 2.75) is 31.0 Å². The van der Waals surface area contributed by atoms with E-state index in [2.05, 4.69) is 0 Å². The largest absolute Gasteiger partial charge is 0.508 e. The molecule has 0 radical (unpaired) electrons. The van der Waals surface area contributed by atoms with E-state index in [1.54, 1.807) is 13.0 Å². The van der Waals surface area contributed by atoms with Gasteiger partial charge in [-0.05, 0) is 40.8 Å². The number of hydrogen-bond acceptors (Lipinski definition) is 9. The van der Waals surface area contributed by atoms with Crippen LogP contribution in [0.25, 0.3) is 16.9 Å². The van der Waals surface area contributed by atoms with Gasteiger partial charge in [0.2, 0.25) is 5.78 Å². The summed E-state index contributed by atoms with van der Waals surface area (Å²) in [4.78, 5) is 40.1. The average Bonchev–Trinajstić information content (AvgIpc) is 2.86. The Kier molecular flexibility index (Phi) is 5.66. The minimum absolute atomic E-state index is 0.0361. The fraction of sp³-hybridized carbons (Fsp3) is 0.321. The Morgan fingerprint density at radius 2 is 1.68 bits per heavy atom. The van der Waals surface area contributed by atoms with Gasteiger partial charge in [-0.25, -0.2) is 0 Å². The molecule has 3 aliphatic rings. The Labute approximate surface area is 217 Å². The van der Waals surface area contributed by atoms with Crippen LogP contribution < -0.4 is 10.6 Å². The third-order valence-electron chi connectivity index (χ3n) is 8.17. The third-order valence-corrected chi connectivity index (χ3v) is 8.17. The molecule has 5 atom stereocenters. The van der Waals surface area contributed by atoms with Gasteiger partial charge in [-0.3, -0.25) is 14.4 Å². The van der Waals surface area contributed by atoms with E-state index in [9.17, 15) is 39.9 Å². The van der Waals surface area contributed by atoms with Crippen LogP contribution in [-0.4, -0.2) is 68.8 Å². The first-order valence-corrected chi connectivity index (χ1v) is 12.1. The second kappa shape index (κ2) is 8.44. The van der Waals surface area contributed by atoms with Crippen LogP contribution in [0.1, 0.15) is 30.4 Å². The summed E-state index contributed by atoms with van der Waals surface area (Å²) in [5.41, 5.74) is 3.85. The zero-order valence-corrected chi connectivity index (χ0v) is 21.0. The van der Waals surface area contributed by atoms with Crippen molar-refractivity contribution in [2.75, 3.05) is 19.0 Å². The SMILES string of the molecule is CC1c2c(-c3ccc(N(C)C)cc3)ccc(O)c2C(O)=C2C(=O)C3(O)C(O)=C(C(N)=O)C(=O)CC3C(O)C21. The monoisotopic (exact) mass is 520 g/mol. The number of ketones is 2. The number of phenols is 1. The number of nitrogens with zero attached hydrogens (tertiary/aromatic N) is 1. The first-order chi connectivity index (χ1) is 17.8. The number of fused-ring (bicyclic) bond motifs is 3. The average molecular weight is 521 g/mol. The molecule has 0 heterocycles. The second-order valence-corrected chi connectivity index (χ2v) is 10.3. The Morgan fingerprint density at radius 3 is 2.26 bits per heavy atom. The first-order valence-electron chi connectivity index (χ1n) is 12.1. The minimum Gasteiger partial charge on any atom is -0.508 e. The van der Waals surface area contributed by atoms with E-state index in [-0.39, 0.29) is 11.3 Å². The zero-order valence-electron chi connectivity index (χ0n) is 21.0. The molecular weight excluding hydrogens is 492 g/mol. The van der Waals surface area contributed by atoms with Crippen molar-refractivity contribution in [3.8, 4) is 16.9 Å². The van der Waals surface area contributed by atoms with Gasteiger partial charge in [0, 0.05) is 43.6 Å². The number of carbonyl (C=O) groups is 3. The highest BCUT2D eigenvalue weighted by Crippen LogP contribution is 2.57. The van der Waals surface area contributed by atoms with Crippen LogP contribution in [0, 0.1) is 11.8 Å². The Hall–Kier alpha value is -4.15. The molecule has 0 saturated heterocycles. The van der Waals surface area contributed by atoms with Crippen molar-refractivity contribution < 1.29 is 39.9 Å². The molecule has 3 aliphatic carbocycles. The van der Waals surface area contributed by atoms with E-state index in [0.717, 1.165) is 11.3 Å². The van der Waals surface area contributed by atoms with Gasteiger partial charge in [0.05, 0.1) is 11.7 Å². The highest BCUT2D eigenvalue weighted by molar-refractivity contribution is 6.23. The van der Waals surface area contributed by atoms with Crippen molar-refractivity contribution in [2.24, 2.45) is 17.6 Å². The lowest BCUT2D eigenvalue weighted by molar-refractivity contribution is -0.160. The predicted octanol–water partition coefficient (Wildman–Crippen LogP) is 1.69. The number of primary amides is 1. The molecule has 2 aromatic carbocycles. The van der Waals surface area contributed by atoms with Gasteiger partial charge in [-0.1, -0.05) is 25.1 Å². The molecule has 2 aromatic rings. The number of carbonyl (C=O) groups excluding carboxylic acids is 3. The molecule has 0 aromatic heterocycles. The number of phenolic OH excluding ortho intramolecular Hbond substituents is 1. The number of aliphatic hydroxyl groups is 4. The van der Waals surface area contributed by atoms with Crippen LogP contribution in [0.3, 0.4) is 0 Å². The number of aromatic hydroxyl groups is 1. The number of rotatable bonds is 3. The number of Topliss-reactive ketones (excluding diaryl/α,β-unsaturated/α-hetero) is 2. The molecular formula is C28H28N2O8. The fourth-order valence-electron chi connectivity index (χ4n) is 6.27. The van der Waals surface area contributed by atoms with E-state index < -0.39 is 76.0 Å². The van der Waals surface area contributed by atoms with E-state index in [0.29, 0.717) is 11.1 Å². The number of benzene rings is 2. The molecule has 0 spiro atoms. The van der Waals surface area contributed by atoms with Crippen LogP contribution in [0.2, 0.25) is 0 Å². The normalized spacial score (nSPS) is 28.6. The molecule has 1 saturated carbocycles. The standard InChI is InChI=1S/C28H28N2O8/c1-11-18-14(12-4-6-13(7-5-12)30(2)3)8-9-16(31)20(18)24(34)22-19(11)23(33)15-10-17(32)21(27(29)37)25(35)28(15,38)26(22)36/h4-9,11,15,19,23,31,33-35,38H,10H2,1-3H3,(H2,29,37). The summed E-state index contributed by atoms with van der Waals surface area (Å²) in [6, 6.07) is 10.6. The molecule has 1 amide bonds. The summed E-state index contributed by atoms with van der Waals surface area (Å²) in [6.07, 6.45) is -2.20. The van der Waals surface area contributed by atoms with Crippen molar-refractivity contribution in [1.29, 1.82) is 0 Å². The van der Waals surface area contributed by atoms with Crippen molar-refractivity contribution in [3.63, 3.8) is 0 Å². The molecule has 10 nitrogen and oxygen atoms in total. The van der Waals surface area contributed by atoms with Crippen molar-refractivity contribution >= 4 is 28.9 Å². The molecule has 0 bridgehead atoms. The molecule has 7 N–H and O–H groups in total. The summed E-state index contributed by atoms with van der Waals surface area (Å²) in [6.45, 7) is 1.71. The van der Waals surface area contributed by atoms with Crippen LogP contribution in [0.4, 0.5) is 5.69 Å². The van der Waals surface area contributed by atoms with Crippen LogP contribution in [-0.2, 0) is 14.4 Å². The smallest absolute Gasteiger partial charge is 0.255 e. The summed E-state index contributed by atoms with van der Waals surface area (Å²) >= 11 is 0. The molecule has 5 rings (SSSR count). The maximum Gasteiger partial charge on any atom is 0.255 e. The lowest BCUT2D eigenvalue weighted by Gasteiger charge is -2.50.